The number of amidine groups is 1. The first-order valence-corrected chi connectivity index (χ1v) is 6.71. The zero-order chi connectivity index (χ0) is 14.8. The molecule has 0 saturated heterocycles. The highest BCUT2D eigenvalue weighted by Crippen LogP contribution is 2.18. The predicted octanol–water partition coefficient (Wildman–Crippen LogP) is 2.78. The number of ether oxygens (including phenoxy) is 1. The molecule has 0 atom stereocenters. The van der Waals surface area contributed by atoms with E-state index in [-0.39, 0.29) is 11.8 Å². The lowest BCUT2D eigenvalue weighted by Gasteiger charge is -2.30. The van der Waals surface area contributed by atoms with Crippen LogP contribution in [0, 0.1) is 0 Å². The number of aliphatic imine (C=N–C) groups is 1. The van der Waals surface area contributed by atoms with Crippen molar-refractivity contribution in [1.29, 1.82) is 0 Å². The van der Waals surface area contributed by atoms with Crippen molar-refractivity contribution >= 4 is 11.9 Å². The molecular weight excluding hydrogens is 256 g/mol. The first kappa shape index (κ1) is 14.4. The van der Waals surface area contributed by atoms with E-state index in [9.17, 15) is 9.90 Å². The summed E-state index contributed by atoms with van der Waals surface area (Å²) in [6.07, 6.45) is 0.435. The van der Waals surface area contributed by atoms with Crippen molar-refractivity contribution in [3.8, 4) is 5.75 Å². The van der Waals surface area contributed by atoms with Gasteiger partial charge >= 0.3 is 6.09 Å². The second kappa shape index (κ2) is 5.53. The number of hydrogen-bond acceptors (Lipinski definition) is 4. The lowest BCUT2D eigenvalue weighted by molar-refractivity contribution is 0.0364. The first-order valence-electron chi connectivity index (χ1n) is 6.71. The Morgan fingerprint density at radius 1 is 1.30 bits per heavy atom. The Bertz CT molecular complexity index is 515. The van der Waals surface area contributed by atoms with E-state index in [1.807, 2.05) is 20.8 Å². The third-order valence-electron chi connectivity index (χ3n) is 2.80. The summed E-state index contributed by atoms with van der Waals surface area (Å²) in [5, 5.41) is 9.34. The van der Waals surface area contributed by atoms with E-state index in [0.717, 1.165) is 12.0 Å². The van der Waals surface area contributed by atoms with Crippen LogP contribution in [0.25, 0.3) is 0 Å². The minimum absolute atomic E-state index is 0.189. The van der Waals surface area contributed by atoms with Gasteiger partial charge in [-0.3, -0.25) is 9.89 Å². The summed E-state index contributed by atoms with van der Waals surface area (Å²) in [6, 6.07) is 6.66. The maximum Gasteiger partial charge on any atom is 0.416 e. The quantitative estimate of drug-likeness (QED) is 0.858. The van der Waals surface area contributed by atoms with E-state index in [2.05, 4.69) is 4.99 Å². The molecule has 1 heterocycles. The molecule has 0 radical (unpaired) electrons. The summed E-state index contributed by atoms with van der Waals surface area (Å²) in [5.41, 5.74) is 0.266. The molecule has 1 aromatic carbocycles. The highest BCUT2D eigenvalue weighted by atomic mass is 16.6. The summed E-state index contributed by atoms with van der Waals surface area (Å²) in [6.45, 7) is 6.80. The smallest absolute Gasteiger partial charge is 0.416 e. The van der Waals surface area contributed by atoms with E-state index < -0.39 is 5.60 Å². The van der Waals surface area contributed by atoms with E-state index in [1.165, 1.54) is 0 Å². The molecule has 0 aliphatic carbocycles. The van der Waals surface area contributed by atoms with Crippen LogP contribution in [-0.2, 0) is 4.74 Å². The van der Waals surface area contributed by atoms with Crippen molar-refractivity contribution in [3.05, 3.63) is 29.8 Å². The van der Waals surface area contributed by atoms with Gasteiger partial charge in [-0.05, 0) is 51.5 Å². The number of benzene rings is 1. The van der Waals surface area contributed by atoms with Gasteiger partial charge in [0.1, 0.15) is 17.2 Å². The van der Waals surface area contributed by atoms with Crippen LogP contribution in [0.1, 0.15) is 32.8 Å². The number of carbonyl (C=O) groups excluding carboxylic acids is 1. The van der Waals surface area contributed by atoms with Crippen LogP contribution in [0.4, 0.5) is 4.79 Å². The third-order valence-corrected chi connectivity index (χ3v) is 2.80. The fourth-order valence-electron chi connectivity index (χ4n) is 1.96. The molecule has 20 heavy (non-hydrogen) atoms. The second-order valence-corrected chi connectivity index (χ2v) is 5.74. The van der Waals surface area contributed by atoms with Crippen LogP contribution in [0.3, 0.4) is 0 Å². The van der Waals surface area contributed by atoms with Crippen LogP contribution in [0.15, 0.2) is 29.3 Å². The Morgan fingerprint density at radius 2 is 1.95 bits per heavy atom. The number of phenolic OH excluding ortho intramolecular Hbond substituents is 1. The molecule has 0 spiro atoms. The van der Waals surface area contributed by atoms with Gasteiger partial charge in [0, 0.05) is 18.7 Å². The number of aromatic hydroxyl groups is 1. The zero-order valence-corrected chi connectivity index (χ0v) is 12.1. The summed E-state index contributed by atoms with van der Waals surface area (Å²) in [5.74, 6) is 0.791. The third kappa shape index (κ3) is 3.50. The maximum atomic E-state index is 12.2. The number of rotatable bonds is 1. The fraction of sp³-hybridized carbons (Fsp3) is 0.467. The fourth-order valence-corrected chi connectivity index (χ4v) is 1.96. The van der Waals surface area contributed by atoms with Gasteiger partial charge in [-0.1, -0.05) is 0 Å². The molecular formula is C15H20N2O3. The zero-order valence-electron chi connectivity index (χ0n) is 12.1. The molecule has 5 heteroatoms. The average Bonchev–Trinajstić information content (AvgIpc) is 2.38. The Balaban J connectivity index is 2.23. The van der Waals surface area contributed by atoms with Gasteiger partial charge in [-0.25, -0.2) is 4.79 Å². The second-order valence-electron chi connectivity index (χ2n) is 5.74. The number of nitrogens with zero attached hydrogens (tertiary/aromatic N) is 2. The minimum atomic E-state index is -0.533. The molecule has 1 aliphatic heterocycles. The van der Waals surface area contributed by atoms with E-state index in [1.54, 1.807) is 29.2 Å². The monoisotopic (exact) mass is 276 g/mol. The van der Waals surface area contributed by atoms with Crippen LogP contribution < -0.4 is 0 Å². The molecule has 5 nitrogen and oxygen atoms in total. The molecule has 0 saturated carbocycles. The van der Waals surface area contributed by atoms with Gasteiger partial charge in [0.15, 0.2) is 0 Å². The number of carbonyl (C=O) groups is 1. The van der Waals surface area contributed by atoms with Crippen molar-refractivity contribution in [2.75, 3.05) is 13.1 Å². The van der Waals surface area contributed by atoms with Gasteiger partial charge in [-0.2, -0.15) is 0 Å². The maximum absolute atomic E-state index is 12.2. The summed E-state index contributed by atoms with van der Waals surface area (Å²) in [4.78, 5) is 18.2. The summed E-state index contributed by atoms with van der Waals surface area (Å²) < 4.78 is 5.41. The van der Waals surface area contributed by atoms with Gasteiger partial charge in [0.25, 0.3) is 0 Å². The molecule has 2 rings (SSSR count). The number of amides is 1. The van der Waals surface area contributed by atoms with Crippen LogP contribution in [0.5, 0.6) is 5.75 Å². The lowest BCUT2D eigenvalue weighted by atomic mass is 10.1. The summed E-state index contributed by atoms with van der Waals surface area (Å²) in [7, 11) is 0. The molecule has 1 aromatic rings. The van der Waals surface area contributed by atoms with Crippen LogP contribution in [0.2, 0.25) is 0 Å². The number of phenols is 1. The molecule has 1 aliphatic rings. The standard InChI is InChI=1S/C15H20N2O3/c1-15(2,3)20-14(19)17-10-4-9-16-13(17)11-5-7-12(18)8-6-11/h5-8,18H,4,9-10H2,1-3H3. The number of hydrogen-bond donors (Lipinski definition) is 1. The molecule has 1 amide bonds. The van der Waals surface area contributed by atoms with Gasteiger partial charge in [-0.15, -0.1) is 0 Å². The molecule has 0 bridgehead atoms. The SMILES string of the molecule is CC(C)(C)OC(=O)N1CCCN=C1c1ccc(O)cc1. The van der Waals surface area contributed by atoms with Crippen molar-refractivity contribution in [2.24, 2.45) is 4.99 Å². The normalized spacial score (nSPS) is 15.8. The largest absolute Gasteiger partial charge is 0.508 e. The highest BCUT2D eigenvalue weighted by molar-refractivity contribution is 6.06. The van der Waals surface area contributed by atoms with Crippen molar-refractivity contribution in [3.63, 3.8) is 0 Å². The Kier molecular flexibility index (Phi) is 3.97. The van der Waals surface area contributed by atoms with Crippen molar-refractivity contribution < 1.29 is 14.6 Å². The first-order chi connectivity index (χ1) is 9.37. The Labute approximate surface area is 118 Å². The van der Waals surface area contributed by atoms with Gasteiger partial charge in [0.05, 0.1) is 0 Å². The Hall–Kier alpha value is -2.04. The van der Waals surface area contributed by atoms with E-state index in [4.69, 9.17) is 4.74 Å². The van der Waals surface area contributed by atoms with Crippen molar-refractivity contribution in [1.82, 2.24) is 4.90 Å². The van der Waals surface area contributed by atoms with E-state index >= 15 is 0 Å². The van der Waals surface area contributed by atoms with Gasteiger partial charge < -0.3 is 9.84 Å². The molecule has 0 unspecified atom stereocenters. The predicted molar refractivity (Wildman–Crippen MR) is 77.1 cm³/mol. The molecule has 0 aromatic heterocycles. The average molecular weight is 276 g/mol. The topological polar surface area (TPSA) is 62.1 Å². The Morgan fingerprint density at radius 3 is 2.55 bits per heavy atom. The molecule has 108 valence electrons. The lowest BCUT2D eigenvalue weighted by Crippen LogP contribution is -2.44. The van der Waals surface area contributed by atoms with Crippen molar-refractivity contribution in [2.45, 2.75) is 32.8 Å². The summed E-state index contributed by atoms with van der Waals surface area (Å²) >= 11 is 0. The molecule has 1 N–H and O–H groups in total. The van der Waals surface area contributed by atoms with Crippen LogP contribution >= 0.6 is 0 Å². The molecule has 0 fully saturated rings. The van der Waals surface area contributed by atoms with E-state index in [0.29, 0.717) is 18.9 Å². The highest BCUT2D eigenvalue weighted by Gasteiger charge is 2.27. The minimum Gasteiger partial charge on any atom is -0.508 e. The van der Waals surface area contributed by atoms with Gasteiger partial charge in [0.2, 0.25) is 0 Å². The van der Waals surface area contributed by atoms with Crippen LogP contribution in [-0.4, -0.2) is 40.6 Å².